The minimum Gasteiger partial charge on any atom is -0.497 e. The maximum absolute atomic E-state index is 5.20. The Morgan fingerprint density at radius 1 is 1.10 bits per heavy atom. The summed E-state index contributed by atoms with van der Waals surface area (Å²) < 4.78 is 5.20. The van der Waals surface area contributed by atoms with Crippen molar-refractivity contribution in [2.75, 3.05) is 12.4 Å². The lowest BCUT2D eigenvalue weighted by molar-refractivity contribution is 0.414. The summed E-state index contributed by atoms with van der Waals surface area (Å²) in [7, 11) is 1.64. The molecule has 0 bridgehead atoms. The standard InChI is InChI=1S/C16H17N3OS/c1-12(13-7-6-10-15(11-13)20-2)18-19-16(21)17-14-8-4-3-5-9-14/h3-11H,1-2H3,(H2,17,19,21). The van der Waals surface area contributed by atoms with Crippen molar-refractivity contribution in [2.45, 2.75) is 6.92 Å². The number of thiocarbonyl (C=S) groups is 1. The van der Waals surface area contributed by atoms with Gasteiger partial charge in [-0.3, -0.25) is 5.43 Å². The zero-order chi connectivity index (χ0) is 15.1. The van der Waals surface area contributed by atoms with Crippen LogP contribution in [0.25, 0.3) is 0 Å². The lowest BCUT2D eigenvalue weighted by atomic mass is 10.1. The van der Waals surface area contributed by atoms with Gasteiger partial charge in [0.05, 0.1) is 12.8 Å². The number of hydrazone groups is 1. The minimum absolute atomic E-state index is 0.448. The number of benzene rings is 2. The molecule has 0 amide bonds. The van der Waals surface area contributed by atoms with E-state index in [1.807, 2.05) is 61.5 Å². The Labute approximate surface area is 129 Å². The van der Waals surface area contributed by atoms with E-state index < -0.39 is 0 Å². The van der Waals surface area contributed by atoms with Gasteiger partial charge in [0.1, 0.15) is 5.75 Å². The summed E-state index contributed by atoms with van der Waals surface area (Å²) in [5, 5.41) is 7.78. The highest BCUT2D eigenvalue weighted by Gasteiger charge is 2.00. The van der Waals surface area contributed by atoms with E-state index in [9.17, 15) is 0 Å². The lowest BCUT2D eigenvalue weighted by Crippen LogP contribution is -2.24. The van der Waals surface area contributed by atoms with Gasteiger partial charge in [-0.1, -0.05) is 30.3 Å². The first-order valence-electron chi connectivity index (χ1n) is 6.50. The third-order valence-corrected chi connectivity index (χ3v) is 3.04. The molecule has 2 rings (SSSR count). The molecule has 0 radical (unpaired) electrons. The first kappa shape index (κ1) is 15.0. The first-order chi connectivity index (χ1) is 10.2. The Bertz CT molecular complexity index is 641. The van der Waals surface area contributed by atoms with Crippen LogP contribution in [-0.4, -0.2) is 17.9 Å². The Morgan fingerprint density at radius 2 is 1.86 bits per heavy atom. The molecule has 2 aromatic rings. The highest BCUT2D eigenvalue weighted by molar-refractivity contribution is 7.80. The van der Waals surface area contributed by atoms with Gasteiger partial charge in [-0.25, -0.2) is 0 Å². The number of anilines is 1. The molecule has 2 aromatic carbocycles. The molecular weight excluding hydrogens is 282 g/mol. The van der Waals surface area contributed by atoms with Crippen molar-refractivity contribution in [3.8, 4) is 5.75 Å². The van der Waals surface area contributed by atoms with Crippen LogP contribution in [-0.2, 0) is 0 Å². The van der Waals surface area contributed by atoms with Crippen LogP contribution in [0.3, 0.4) is 0 Å². The van der Waals surface area contributed by atoms with Crippen molar-refractivity contribution in [3.05, 3.63) is 60.2 Å². The number of ether oxygens (including phenoxy) is 1. The van der Waals surface area contributed by atoms with E-state index in [-0.39, 0.29) is 0 Å². The summed E-state index contributed by atoms with van der Waals surface area (Å²) in [6, 6.07) is 17.4. The molecule has 0 aliphatic carbocycles. The van der Waals surface area contributed by atoms with Crippen molar-refractivity contribution in [1.82, 2.24) is 5.43 Å². The fraction of sp³-hybridized carbons (Fsp3) is 0.125. The third-order valence-electron chi connectivity index (χ3n) is 2.84. The van der Waals surface area contributed by atoms with Gasteiger partial charge in [-0.05, 0) is 43.4 Å². The van der Waals surface area contributed by atoms with Gasteiger partial charge in [0, 0.05) is 11.3 Å². The summed E-state index contributed by atoms with van der Waals surface area (Å²) in [6.07, 6.45) is 0. The topological polar surface area (TPSA) is 45.6 Å². The second-order valence-corrected chi connectivity index (χ2v) is 4.77. The van der Waals surface area contributed by atoms with Gasteiger partial charge in [0.15, 0.2) is 5.11 Å². The molecule has 0 saturated carbocycles. The average Bonchev–Trinajstić information content (AvgIpc) is 2.53. The van der Waals surface area contributed by atoms with Gasteiger partial charge < -0.3 is 10.1 Å². The largest absolute Gasteiger partial charge is 0.497 e. The van der Waals surface area contributed by atoms with Gasteiger partial charge in [-0.2, -0.15) is 5.10 Å². The summed E-state index contributed by atoms with van der Waals surface area (Å²) in [5.41, 5.74) is 5.56. The Hall–Kier alpha value is -2.40. The van der Waals surface area contributed by atoms with Crippen molar-refractivity contribution >= 4 is 28.7 Å². The zero-order valence-corrected chi connectivity index (χ0v) is 12.8. The zero-order valence-electron chi connectivity index (χ0n) is 12.0. The molecule has 4 nitrogen and oxygen atoms in total. The van der Waals surface area contributed by atoms with E-state index in [4.69, 9.17) is 17.0 Å². The molecule has 0 spiro atoms. The van der Waals surface area contributed by atoms with Crippen LogP contribution in [0.5, 0.6) is 5.75 Å². The molecule has 0 aromatic heterocycles. The third kappa shape index (κ3) is 4.57. The molecular formula is C16H17N3OS. The van der Waals surface area contributed by atoms with Crippen LogP contribution in [0.15, 0.2) is 59.7 Å². The number of nitrogens with zero attached hydrogens (tertiary/aromatic N) is 1. The van der Waals surface area contributed by atoms with E-state index in [1.165, 1.54) is 0 Å². The molecule has 0 aliphatic heterocycles. The molecule has 5 heteroatoms. The van der Waals surface area contributed by atoms with E-state index in [1.54, 1.807) is 7.11 Å². The van der Waals surface area contributed by atoms with Gasteiger partial charge in [0.25, 0.3) is 0 Å². The average molecular weight is 299 g/mol. The van der Waals surface area contributed by atoms with Crippen molar-refractivity contribution in [2.24, 2.45) is 5.10 Å². The molecule has 0 aliphatic rings. The van der Waals surface area contributed by atoms with Crippen LogP contribution < -0.4 is 15.5 Å². The van der Waals surface area contributed by atoms with Crippen LogP contribution in [0.4, 0.5) is 5.69 Å². The van der Waals surface area contributed by atoms with Gasteiger partial charge in [-0.15, -0.1) is 0 Å². The van der Waals surface area contributed by atoms with Crippen LogP contribution in [0, 0.1) is 0 Å². The molecule has 0 unspecified atom stereocenters. The molecule has 21 heavy (non-hydrogen) atoms. The van der Waals surface area contributed by atoms with E-state index in [0.29, 0.717) is 5.11 Å². The van der Waals surface area contributed by atoms with Gasteiger partial charge in [0.2, 0.25) is 0 Å². The maximum Gasteiger partial charge on any atom is 0.191 e. The Kier molecular flexibility index (Phi) is 5.29. The molecule has 2 N–H and O–H groups in total. The number of hydrogen-bond donors (Lipinski definition) is 2. The molecule has 0 fully saturated rings. The summed E-state index contributed by atoms with van der Waals surface area (Å²) in [5.74, 6) is 0.798. The fourth-order valence-corrected chi connectivity index (χ4v) is 1.89. The maximum atomic E-state index is 5.20. The van der Waals surface area contributed by atoms with E-state index >= 15 is 0 Å². The second-order valence-electron chi connectivity index (χ2n) is 4.36. The monoisotopic (exact) mass is 299 g/mol. The van der Waals surface area contributed by atoms with Crippen LogP contribution >= 0.6 is 12.2 Å². The van der Waals surface area contributed by atoms with E-state index in [2.05, 4.69) is 15.8 Å². The normalized spacial score (nSPS) is 10.9. The Balaban J connectivity index is 1.98. The summed E-state index contributed by atoms with van der Waals surface area (Å²) in [4.78, 5) is 0. The molecule has 0 atom stereocenters. The van der Waals surface area contributed by atoms with Crippen molar-refractivity contribution in [3.63, 3.8) is 0 Å². The van der Waals surface area contributed by atoms with Crippen LogP contribution in [0.1, 0.15) is 12.5 Å². The molecule has 108 valence electrons. The quantitative estimate of drug-likeness (QED) is 0.516. The van der Waals surface area contributed by atoms with Crippen LogP contribution in [0.2, 0.25) is 0 Å². The first-order valence-corrected chi connectivity index (χ1v) is 6.90. The summed E-state index contributed by atoms with van der Waals surface area (Å²) in [6.45, 7) is 1.91. The van der Waals surface area contributed by atoms with Gasteiger partial charge >= 0.3 is 0 Å². The smallest absolute Gasteiger partial charge is 0.191 e. The molecule has 0 heterocycles. The van der Waals surface area contributed by atoms with Crippen molar-refractivity contribution in [1.29, 1.82) is 0 Å². The lowest BCUT2D eigenvalue weighted by Gasteiger charge is -2.08. The predicted octanol–water partition coefficient (Wildman–Crippen LogP) is 3.41. The second kappa shape index (κ2) is 7.40. The number of methoxy groups -OCH3 is 1. The number of nitrogens with one attached hydrogen (secondary N) is 2. The summed E-state index contributed by atoms with van der Waals surface area (Å²) >= 11 is 5.20. The SMILES string of the molecule is COc1cccc(C(C)=NNC(=S)Nc2ccccc2)c1. The minimum atomic E-state index is 0.448. The highest BCUT2D eigenvalue weighted by Crippen LogP contribution is 2.13. The Morgan fingerprint density at radius 3 is 2.57 bits per heavy atom. The fourth-order valence-electron chi connectivity index (χ4n) is 1.73. The van der Waals surface area contributed by atoms with Crippen molar-refractivity contribution < 1.29 is 4.74 Å². The number of rotatable bonds is 4. The predicted molar refractivity (Wildman–Crippen MR) is 91.0 cm³/mol. The van der Waals surface area contributed by atoms with E-state index in [0.717, 1.165) is 22.7 Å². The highest BCUT2D eigenvalue weighted by atomic mass is 32.1. The number of hydrogen-bond acceptors (Lipinski definition) is 3. The molecule has 0 saturated heterocycles. The number of para-hydroxylation sites is 1.